The molecule has 0 bridgehead atoms. The van der Waals surface area contributed by atoms with E-state index in [9.17, 15) is 9.59 Å². The quantitative estimate of drug-likeness (QED) is 0.778. The third-order valence-electron chi connectivity index (χ3n) is 3.71. The van der Waals surface area contributed by atoms with Gasteiger partial charge in [-0.05, 0) is 32.2 Å². The predicted octanol–water partition coefficient (Wildman–Crippen LogP) is 0.287. The summed E-state index contributed by atoms with van der Waals surface area (Å²) in [5.41, 5.74) is 0. The highest BCUT2D eigenvalue weighted by Gasteiger charge is 2.34. The smallest absolute Gasteiger partial charge is 0.242 e. The predicted molar refractivity (Wildman–Crippen MR) is 71.7 cm³/mol. The third kappa shape index (κ3) is 3.36. The maximum absolute atomic E-state index is 12.1. The molecular formula is C12H22ClN3O2. The molecule has 18 heavy (non-hydrogen) atoms. The topological polar surface area (TPSA) is 61.4 Å². The highest BCUT2D eigenvalue weighted by Crippen LogP contribution is 2.20. The Kier molecular flexibility index (Phi) is 5.88. The molecular weight excluding hydrogens is 254 g/mol. The van der Waals surface area contributed by atoms with E-state index < -0.39 is 0 Å². The molecule has 0 spiro atoms. The number of likely N-dealkylation sites (tertiary alicyclic amines) is 1. The second kappa shape index (κ2) is 6.95. The molecule has 2 aliphatic heterocycles. The van der Waals surface area contributed by atoms with Crippen LogP contribution in [-0.4, -0.2) is 48.9 Å². The van der Waals surface area contributed by atoms with Crippen molar-refractivity contribution in [2.24, 2.45) is 0 Å². The van der Waals surface area contributed by atoms with Crippen LogP contribution in [0.4, 0.5) is 0 Å². The Balaban J connectivity index is 0.00000162. The minimum Gasteiger partial charge on any atom is -0.357 e. The van der Waals surface area contributed by atoms with Gasteiger partial charge >= 0.3 is 0 Å². The van der Waals surface area contributed by atoms with Crippen molar-refractivity contribution >= 4 is 24.2 Å². The van der Waals surface area contributed by atoms with E-state index in [4.69, 9.17) is 0 Å². The van der Waals surface area contributed by atoms with E-state index in [0.29, 0.717) is 12.5 Å². The maximum Gasteiger partial charge on any atom is 0.242 e. The van der Waals surface area contributed by atoms with Gasteiger partial charge in [-0.25, -0.2) is 0 Å². The van der Waals surface area contributed by atoms with Gasteiger partial charge in [-0.1, -0.05) is 0 Å². The average molecular weight is 276 g/mol. The van der Waals surface area contributed by atoms with Crippen LogP contribution >= 0.6 is 12.4 Å². The highest BCUT2D eigenvalue weighted by atomic mass is 35.5. The van der Waals surface area contributed by atoms with Crippen molar-refractivity contribution in [3.8, 4) is 0 Å². The Hall–Kier alpha value is -0.810. The van der Waals surface area contributed by atoms with Crippen LogP contribution in [0.15, 0.2) is 0 Å². The summed E-state index contributed by atoms with van der Waals surface area (Å²) in [5, 5.41) is 5.96. The molecule has 5 nitrogen and oxygen atoms in total. The molecule has 0 saturated carbocycles. The molecule has 2 N–H and O–H groups in total. The largest absolute Gasteiger partial charge is 0.357 e. The van der Waals surface area contributed by atoms with E-state index in [-0.39, 0.29) is 30.3 Å². The number of hydrogen-bond donors (Lipinski definition) is 2. The SMILES string of the molecule is CNC(=O)C1CCCN1C(=O)CC1CCCN1.Cl. The Morgan fingerprint density at radius 2 is 2.11 bits per heavy atom. The zero-order chi connectivity index (χ0) is 12.3. The van der Waals surface area contributed by atoms with Crippen molar-refractivity contribution in [2.45, 2.75) is 44.2 Å². The lowest BCUT2D eigenvalue weighted by molar-refractivity contribution is -0.138. The lowest BCUT2D eigenvalue weighted by atomic mass is 10.1. The number of carbonyl (C=O) groups is 2. The lowest BCUT2D eigenvalue weighted by Crippen LogP contribution is -2.46. The van der Waals surface area contributed by atoms with Gasteiger partial charge in [-0.2, -0.15) is 0 Å². The standard InChI is InChI=1S/C12H21N3O2.ClH/c1-13-12(17)10-5-3-7-15(10)11(16)8-9-4-2-6-14-9;/h9-10,14H,2-8H2,1H3,(H,13,17);1H. The number of rotatable bonds is 3. The summed E-state index contributed by atoms with van der Waals surface area (Å²) in [5.74, 6) is 0.0886. The lowest BCUT2D eigenvalue weighted by Gasteiger charge is -2.24. The third-order valence-corrected chi connectivity index (χ3v) is 3.71. The van der Waals surface area contributed by atoms with E-state index in [1.54, 1.807) is 11.9 Å². The second-order valence-corrected chi connectivity index (χ2v) is 4.86. The summed E-state index contributed by atoms with van der Waals surface area (Å²) in [6, 6.07) is 0.0716. The van der Waals surface area contributed by atoms with E-state index >= 15 is 0 Å². The van der Waals surface area contributed by atoms with Crippen molar-refractivity contribution in [1.82, 2.24) is 15.5 Å². The van der Waals surface area contributed by atoms with Gasteiger partial charge in [0, 0.05) is 26.1 Å². The first-order chi connectivity index (χ1) is 8.22. The normalized spacial score (nSPS) is 26.8. The van der Waals surface area contributed by atoms with E-state index in [0.717, 1.165) is 38.8 Å². The number of likely N-dealkylation sites (N-methyl/N-ethyl adjacent to an activating group) is 1. The minimum absolute atomic E-state index is 0. The number of carbonyl (C=O) groups excluding carboxylic acids is 2. The molecule has 0 aliphatic carbocycles. The number of nitrogens with one attached hydrogen (secondary N) is 2. The van der Waals surface area contributed by atoms with Gasteiger partial charge in [0.1, 0.15) is 6.04 Å². The molecule has 6 heteroatoms. The van der Waals surface area contributed by atoms with Crippen LogP contribution in [0.25, 0.3) is 0 Å². The van der Waals surface area contributed by atoms with Gasteiger partial charge in [-0.3, -0.25) is 9.59 Å². The molecule has 2 rings (SSSR count). The molecule has 2 unspecified atom stereocenters. The monoisotopic (exact) mass is 275 g/mol. The molecule has 2 atom stereocenters. The van der Waals surface area contributed by atoms with E-state index in [1.165, 1.54) is 0 Å². The van der Waals surface area contributed by atoms with E-state index in [1.807, 2.05) is 0 Å². The Morgan fingerprint density at radius 1 is 1.33 bits per heavy atom. The van der Waals surface area contributed by atoms with Gasteiger partial charge in [0.05, 0.1) is 0 Å². The molecule has 2 aliphatic rings. The molecule has 0 aromatic carbocycles. The van der Waals surface area contributed by atoms with Crippen LogP contribution in [0.1, 0.15) is 32.1 Å². The van der Waals surface area contributed by atoms with Crippen molar-refractivity contribution in [3.05, 3.63) is 0 Å². The summed E-state index contributed by atoms with van der Waals surface area (Å²) in [7, 11) is 1.63. The molecule has 2 fully saturated rings. The molecule has 2 heterocycles. The van der Waals surface area contributed by atoms with Crippen LogP contribution in [0.2, 0.25) is 0 Å². The molecule has 2 amide bonds. The van der Waals surface area contributed by atoms with Gasteiger partial charge in [0.15, 0.2) is 0 Å². The summed E-state index contributed by atoms with van der Waals surface area (Å²) in [6.07, 6.45) is 4.49. The van der Waals surface area contributed by atoms with Crippen LogP contribution < -0.4 is 10.6 Å². The summed E-state index contributed by atoms with van der Waals surface area (Å²) < 4.78 is 0. The Morgan fingerprint density at radius 3 is 2.72 bits per heavy atom. The van der Waals surface area contributed by atoms with Crippen molar-refractivity contribution in [2.75, 3.05) is 20.1 Å². The van der Waals surface area contributed by atoms with Crippen molar-refractivity contribution in [1.29, 1.82) is 0 Å². The fraction of sp³-hybridized carbons (Fsp3) is 0.833. The van der Waals surface area contributed by atoms with Gasteiger partial charge in [-0.15, -0.1) is 12.4 Å². The van der Waals surface area contributed by atoms with E-state index in [2.05, 4.69) is 10.6 Å². The van der Waals surface area contributed by atoms with Gasteiger partial charge in [0.2, 0.25) is 11.8 Å². The number of nitrogens with zero attached hydrogens (tertiary/aromatic N) is 1. The zero-order valence-electron chi connectivity index (χ0n) is 10.8. The fourth-order valence-electron chi connectivity index (χ4n) is 2.76. The second-order valence-electron chi connectivity index (χ2n) is 4.86. The van der Waals surface area contributed by atoms with Crippen LogP contribution in [0, 0.1) is 0 Å². The first-order valence-electron chi connectivity index (χ1n) is 6.47. The van der Waals surface area contributed by atoms with Crippen LogP contribution in [-0.2, 0) is 9.59 Å². The number of amides is 2. The number of halogens is 1. The van der Waals surface area contributed by atoms with Crippen molar-refractivity contribution < 1.29 is 9.59 Å². The summed E-state index contributed by atoms with van der Waals surface area (Å²) in [6.45, 7) is 1.74. The molecule has 0 aromatic heterocycles. The minimum atomic E-state index is -0.242. The molecule has 0 radical (unpaired) electrons. The first-order valence-corrected chi connectivity index (χ1v) is 6.47. The maximum atomic E-state index is 12.1. The fourth-order valence-corrected chi connectivity index (χ4v) is 2.76. The average Bonchev–Trinajstić information content (AvgIpc) is 2.97. The Bertz CT molecular complexity index is 306. The van der Waals surface area contributed by atoms with Crippen LogP contribution in [0.3, 0.4) is 0 Å². The first kappa shape index (κ1) is 15.2. The summed E-state index contributed by atoms with van der Waals surface area (Å²) in [4.78, 5) is 25.5. The zero-order valence-corrected chi connectivity index (χ0v) is 11.6. The molecule has 0 aromatic rings. The van der Waals surface area contributed by atoms with Crippen LogP contribution in [0.5, 0.6) is 0 Å². The van der Waals surface area contributed by atoms with Gasteiger partial charge < -0.3 is 15.5 Å². The highest BCUT2D eigenvalue weighted by molar-refractivity contribution is 5.88. The summed E-state index contributed by atoms with van der Waals surface area (Å²) >= 11 is 0. The molecule has 2 saturated heterocycles. The molecule has 104 valence electrons. The van der Waals surface area contributed by atoms with Gasteiger partial charge in [0.25, 0.3) is 0 Å². The van der Waals surface area contributed by atoms with Crippen molar-refractivity contribution in [3.63, 3.8) is 0 Å². The number of hydrogen-bond acceptors (Lipinski definition) is 3. The Labute approximate surface area is 114 Å².